The van der Waals surface area contributed by atoms with Crippen molar-refractivity contribution in [2.75, 3.05) is 4.72 Å². The van der Waals surface area contributed by atoms with Crippen molar-refractivity contribution < 1.29 is 8.42 Å². The van der Waals surface area contributed by atoms with Crippen LogP contribution in [0.25, 0.3) is 0 Å². The molecule has 17 heavy (non-hydrogen) atoms. The number of rotatable bonds is 3. The summed E-state index contributed by atoms with van der Waals surface area (Å²) in [5.74, 6) is 0. The van der Waals surface area contributed by atoms with Crippen molar-refractivity contribution in [1.29, 1.82) is 0 Å². The molecule has 0 bridgehead atoms. The number of thiophene rings is 1. The first-order chi connectivity index (χ1) is 7.99. The molecule has 0 aliphatic carbocycles. The molecule has 0 unspecified atom stereocenters. The summed E-state index contributed by atoms with van der Waals surface area (Å²) in [4.78, 5) is 3.80. The lowest BCUT2D eigenvalue weighted by Crippen LogP contribution is -2.12. The summed E-state index contributed by atoms with van der Waals surface area (Å²) >= 11 is 9.93. The van der Waals surface area contributed by atoms with Crippen LogP contribution in [0.5, 0.6) is 0 Å². The highest BCUT2D eigenvalue weighted by Gasteiger charge is 2.19. The van der Waals surface area contributed by atoms with E-state index >= 15 is 0 Å². The summed E-state index contributed by atoms with van der Waals surface area (Å²) in [5, 5.41) is 2.00. The third kappa shape index (κ3) is 2.98. The van der Waals surface area contributed by atoms with E-state index in [1.807, 2.05) is 0 Å². The Kier molecular flexibility index (Phi) is 3.72. The Balaban J connectivity index is 2.30. The first-order valence-corrected chi connectivity index (χ1v) is 7.90. The van der Waals surface area contributed by atoms with Gasteiger partial charge in [0.15, 0.2) is 4.21 Å². The van der Waals surface area contributed by atoms with Gasteiger partial charge in [-0.2, -0.15) is 0 Å². The fraction of sp³-hybridized carbons (Fsp3) is 0. The maximum absolute atomic E-state index is 12.0. The second kappa shape index (κ2) is 4.93. The smallest absolute Gasteiger partial charge is 0.272 e. The van der Waals surface area contributed by atoms with Crippen LogP contribution in [0.15, 0.2) is 38.5 Å². The summed E-state index contributed by atoms with van der Waals surface area (Å²) in [6.07, 6.45) is 1.36. The van der Waals surface area contributed by atoms with Crippen LogP contribution in [0.2, 0.25) is 5.15 Å². The normalized spacial score (nSPS) is 11.4. The Morgan fingerprint density at radius 2 is 2.12 bits per heavy atom. The number of hydrogen-bond acceptors (Lipinski definition) is 4. The molecule has 90 valence electrons. The van der Waals surface area contributed by atoms with Gasteiger partial charge in [-0.1, -0.05) is 11.6 Å². The van der Waals surface area contributed by atoms with E-state index in [0.717, 1.165) is 11.3 Å². The van der Waals surface area contributed by atoms with Crippen molar-refractivity contribution in [2.45, 2.75) is 4.21 Å². The third-order valence-corrected chi connectivity index (χ3v) is 6.08. The van der Waals surface area contributed by atoms with Gasteiger partial charge in [0, 0.05) is 4.47 Å². The Morgan fingerprint density at radius 3 is 2.65 bits per heavy atom. The zero-order valence-corrected chi connectivity index (χ0v) is 12.2. The number of hydrogen-bond donors (Lipinski definition) is 1. The predicted octanol–water partition coefficient (Wildman–Crippen LogP) is 3.36. The highest BCUT2D eigenvalue weighted by Crippen LogP contribution is 2.29. The number of nitrogens with zero attached hydrogens (tertiary/aromatic N) is 1. The molecule has 0 aromatic carbocycles. The standard InChI is InChI=1S/C9H6BrClN2O2S2/c10-7-3-4-16-9(7)17(14,15)13-6-1-2-8(11)12-5-6/h1-5,13H. The SMILES string of the molecule is O=S(=O)(Nc1ccc(Cl)nc1)c1sccc1Br. The maximum Gasteiger partial charge on any atom is 0.272 e. The van der Waals surface area contributed by atoms with Gasteiger partial charge in [0.1, 0.15) is 5.15 Å². The van der Waals surface area contributed by atoms with E-state index in [9.17, 15) is 8.42 Å². The maximum atomic E-state index is 12.0. The molecule has 0 aliphatic rings. The Labute approximate surface area is 116 Å². The molecular formula is C9H6BrClN2O2S2. The van der Waals surface area contributed by atoms with Crippen LogP contribution in [-0.2, 0) is 10.0 Å². The average Bonchev–Trinajstić information content (AvgIpc) is 2.68. The van der Waals surface area contributed by atoms with Crippen LogP contribution in [-0.4, -0.2) is 13.4 Å². The van der Waals surface area contributed by atoms with Gasteiger partial charge < -0.3 is 0 Å². The van der Waals surface area contributed by atoms with Gasteiger partial charge in [-0.05, 0) is 39.5 Å². The van der Waals surface area contributed by atoms with E-state index in [-0.39, 0.29) is 4.21 Å². The summed E-state index contributed by atoms with van der Waals surface area (Å²) < 4.78 is 27.1. The first-order valence-electron chi connectivity index (χ1n) is 4.36. The molecule has 1 N–H and O–H groups in total. The summed E-state index contributed by atoms with van der Waals surface area (Å²) in [7, 11) is -3.57. The molecule has 2 aromatic rings. The number of sulfonamides is 1. The van der Waals surface area contributed by atoms with Gasteiger partial charge in [0.2, 0.25) is 0 Å². The second-order valence-electron chi connectivity index (χ2n) is 3.03. The number of halogens is 2. The Morgan fingerprint density at radius 1 is 1.35 bits per heavy atom. The summed E-state index contributed by atoms with van der Waals surface area (Å²) in [6.45, 7) is 0. The highest BCUT2D eigenvalue weighted by atomic mass is 79.9. The van der Waals surface area contributed by atoms with E-state index < -0.39 is 10.0 Å². The molecule has 4 nitrogen and oxygen atoms in total. The molecule has 2 aromatic heterocycles. The minimum atomic E-state index is -3.57. The van der Waals surface area contributed by atoms with Crippen molar-refractivity contribution in [3.8, 4) is 0 Å². The minimum Gasteiger partial charge on any atom is -0.277 e. The third-order valence-electron chi connectivity index (χ3n) is 1.81. The molecular weight excluding hydrogens is 348 g/mol. The fourth-order valence-electron chi connectivity index (χ4n) is 1.11. The number of aromatic nitrogens is 1. The lowest BCUT2D eigenvalue weighted by molar-refractivity contribution is 0.603. The van der Waals surface area contributed by atoms with Crippen molar-refractivity contribution in [1.82, 2.24) is 4.98 Å². The van der Waals surface area contributed by atoms with E-state index in [1.54, 1.807) is 17.5 Å². The van der Waals surface area contributed by atoms with Crippen molar-refractivity contribution >= 4 is 54.6 Å². The molecule has 0 aliphatic heterocycles. The zero-order valence-electron chi connectivity index (χ0n) is 8.22. The van der Waals surface area contributed by atoms with Gasteiger partial charge in [-0.25, -0.2) is 13.4 Å². The predicted molar refractivity (Wildman–Crippen MR) is 72.1 cm³/mol. The highest BCUT2D eigenvalue weighted by molar-refractivity contribution is 9.10. The molecule has 2 heterocycles. The van der Waals surface area contributed by atoms with Crippen molar-refractivity contribution in [3.05, 3.63) is 39.4 Å². The lowest BCUT2D eigenvalue weighted by Gasteiger charge is -2.06. The van der Waals surface area contributed by atoms with Crippen LogP contribution < -0.4 is 4.72 Å². The summed E-state index contributed by atoms with van der Waals surface area (Å²) in [6, 6.07) is 4.75. The van der Waals surface area contributed by atoms with E-state index in [4.69, 9.17) is 11.6 Å². The molecule has 0 saturated heterocycles. The second-order valence-corrected chi connectivity index (χ2v) is 7.07. The largest absolute Gasteiger partial charge is 0.277 e. The van der Waals surface area contributed by atoms with Crippen molar-refractivity contribution in [3.63, 3.8) is 0 Å². The van der Waals surface area contributed by atoms with E-state index in [1.165, 1.54) is 12.3 Å². The van der Waals surface area contributed by atoms with Crippen molar-refractivity contribution in [2.24, 2.45) is 0 Å². The summed E-state index contributed by atoms with van der Waals surface area (Å²) in [5.41, 5.74) is 0.370. The van der Waals surface area contributed by atoms with E-state index in [2.05, 4.69) is 25.6 Å². The van der Waals surface area contributed by atoms with Crippen LogP contribution in [0.1, 0.15) is 0 Å². The van der Waals surface area contributed by atoms with Gasteiger partial charge in [0.05, 0.1) is 11.9 Å². The van der Waals surface area contributed by atoms with Crippen LogP contribution in [0.4, 0.5) is 5.69 Å². The molecule has 0 fully saturated rings. The fourth-order valence-corrected chi connectivity index (χ4v) is 4.60. The van der Waals surface area contributed by atoms with Gasteiger partial charge >= 0.3 is 0 Å². The minimum absolute atomic E-state index is 0.229. The molecule has 8 heteroatoms. The lowest BCUT2D eigenvalue weighted by atomic mass is 10.4. The molecule has 0 amide bonds. The molecule has 2 rings (SSSR count). The van der Waals surface area contributed by atoms with Crippen LogP contribution in [0, 0.1) is 0 Å². The Hall–Kier alpha value is -0.630. The van der Waals surface area contributed by atoms with Gasteiger partial charge in [-0.3, -0.25) is 4.72 Å². The molecule has 0 saturated carbocycles. The first kappa shape index (κ1) is 12.8. The monoisotopic (exact) mass is 352 g/mol. The van der Waals surface area contributed by atoms with Gasteiger partial charge in [0.25, 0.3) is 10.0 Å². The number of pyridine rings is 1. The topological polar surface area (TPSA) is 59.1 Å². The Bertz CT molecular complexity index is 625. The average molecular weight is 354 g/mol. The molecule has 0 spiro atoms. The van der Waals surface area contributed by atoms with E-state index in [0.29, 0.717) is 15.3 Å². The zero-order chi connectivity index (χ0) is 12.5. The van der Waals surface area contributed by atoms with Gasteiger partial charge in [-0.15, -0.1) is 11.3 Å². The molecule has 0 atom stereocenters. The quantitative estimate of drug-likeness (QED) is 0.861. The number of nitrogens with one attached hydrogen (secondary N) is 1. The number of anilines is 1. The van der Waals surface area contributed by atoms with Crippen LogP contribution >= 0.6 is 38.9 Å². The molecule has 0 radical (unpaired) electrons. The van der Waals surface area contributed by atoms with Crippen LogP contribution in [0.3, 0.4) is 0 Å².